The Balaban J connectivity index is 1.47. The largest absolute Gasteiger partial charge is 0.497 e. The predicted octanol–water partition coefficient (Wildman–Crippen LogP) is 4.39. The highest BCUT2D eigenvalue weighted by atomic mass is 16.5. The zero-order valence-electron chi connectivity index (χ0n) is 25.0. The van der Waals surface area contributed by atoms with Gasteiger partial charge in [0.2, 0.25) is 5.91 Å². The molecule has 2 saturated heterocycles. The van der Waals surface area contributed by atoms with Crippen LogP contribution in [0.1, 0.15) is 19.3 Å². The SMILES string of the molecule is C=CC(=O)N1CCN(c2nc(OC[C@@H]3CCCN3C)nc3c2cc(-c2cc(OC)cc4ccccc24)n3C)C[C@@H]1CC#N. The molecule has 0 aliphatic carbocycles. The van der Waals surface area contributed by atoms with E-state index >= 15 is 0 Å². The number of likely N-dealkylation sites (tertiary alicyclic amines) is 1. The third-order valence-electron chi connectivity index (χ3n) is 8.84. The van der Waals surface area contributed by atoms with Gasteiger partial charge in [0.25, 0.3) is 0 Å². The fourth-order valence-corrected chi connectivity index (χ4v) is 6.43. The second kappa shape index (κ2) is 11.9. The summed E-state index contributed by atoms with van der Waals surface area (Å²) < 4.78 is 14.0. The van der Waals surface area contributed by atoms with Crippen molar-refractivity contribution in [3.05, 3.63) is 55.1 Å². The summed E-state index contributed by atoms with van der Waals surface area (Å²) in [6, 6.07) is 17.1. The summed E-state index contributed by atoms with van der Waals surface area (Å²) in [4.78, 5) is 28.7. The topological polar surface area (TPSA) is 99.8 Å². The van der Waals surface area contributed by atoms with E-state index in [1.807, 2.05) is 25.2 Å². The normalized spacial score (nSPS) is 19.1. The lowest BCUT2D eigenvalue weighted by atomic mass is 10.0. The summed E-state index contributed by atoms with van der Waals surface area (Å²) in [5.74, 6) is 1.35. The summed E-state index contributed by atoms with van der Waals surface area (Å²) >= 11 is 0. The van der Waals surface area contributed by atoms with Crippen LogP contribution in [0.15, 0.2) is 55.1 Å². The van der Waals surface area contributed by atoms with Crippen LogP contribution in [0.3, 0.4) is 0 Å². The van der Waals surface area contributed by atoms with Crippen LogP contribution in [-0.2, 0) is 11.8 Å². The number of carbonyl (C=O) groups excluding carboxylic acids is 1. The lowest BCUT2D eigenvalue weighted by Crippen LogP contribution is -2.55. The number of methoxy groups -OCH3 is 1. The summed E-state index contributed by atoms with van der Waals surface area (Å²) in [6.45, 7) is 6.72. The number of hydrogen-bond donors (Lipinski definition) is 0. The van der Waals surface area contributed by atoms with Gasteiger partial charge >= 0.3 is 6.01 Å². The smallest absolute Gasteiger partial charge is 0.320 e. The van der Waals surface area contributed by atoms with Crippen molar-refractivity contribution < 1.29 is 14.3 Å². The monoisotopic (exact) mass is 579 g/mol. The van der Waals surface area contributed by atoms with Gasteiger partial charge in [-0.15, -0.1) is 0 Å². The summed E-state index contributed by atoms with van der Waals surface area (Å²) in [5.41, 5.74) is 2.76. The van der Waals surface area contributed by atoms with Crippen molar-refractivity contribution in [2.45, 2.75) is 31.3 Å². The molecule has 222 valence electrons. The molecule has 0 unspecified atom stereocenters. The number of hydrogen-bond acceptors (Lipinski definition) is 8. The number of benzene rings is 2. The molecule has 2 atom stereocenters. The fourth-order valence-electron chi connectivity index (χ4n) is 6.43. The first-order chi connectivity index (χ1) is 20.9. The van der Waals surface area contributed by atoms with Gasteiger partial charge in [0, 0.05) is 38.3 Å². The number of fused-ring (bicyclic) bond motifs is 2. The first kappa shape index (κ1) is 28.5. The van der Waals surface area contributed by atoms with E-state index in [0.717, 1.165) is 64.0 Å². The van der Waals surface area contributed by atoms with Crippen LogP contribution < -0.4 is 14.4 Å². The predicted molar refractivity (Wildman–Crippen MR) is 167 cm³/mol. The first-order valence-electron chi connectivity index (χ1n) is 14.7. The quantitative estimate of drug-likeness (QED) is 0.284. The molecule has 10 heteroatoms. The van der Waals surface area contributed by atoms with E-state index in [1.165, 1.54) is 6.08 Å². The van der Waals surface area contributed by atoms with Gasteiger partial charge in [-0.1, -0.05) is 30.8 Å². The lowest BCUT2D eigenvalue weighted by Gasteiger charge is -2.40. The number of piperazine rings is 1. The Morgan fingerprint density at radius 2 is 1.95 bits per heavy atom. The average molecular weight is 580 g/mol. The van der Waals surface area contributed by atoms with Crippen LogP contribution in [0, 0.1) is 11.3 Å². The summed E-state index contributed by atoms with van der Waals surface area (Å²) in [7, 11) is 5.81. The van der Waals surface area contributed by atoms with Crippen molar-refractivity contribution in [2.75, 3.05) is 51.8 Å². The minimum atomic E-state index is -0.281. The highest BCUT2D eigenvalue weighted by Crippen LogP contribution is 2.38. The van der Waals surface area contributed by atoms with Crippen molar-refractivity contribution in [1.29, 1.82) is 5.26 Å². The van der Waals surface area contributed by atoms with Crippen LogP contribution >= 0.6 is 0 Å². The van der Waals surface area contributed by atoms with Crippen LogP contribution in [0.5, 0.6) is 11.8 Å². The zero-order chi connectivity index (χ0) is 30.1. The Bertz CT molecular complexity index is 1730. The maximum Gasteiger partial charge on any atom is 0.320 e. The van der Waals surface area contributed by atoms with E-state index in [1.54, 1.807) is 12.0 Å². The van der Waals surface area contributed by atoms with Crippen LogP contribution in [-0.4, -0.2) is 89.3 Å². The Morgan fingerprint density at radius 3 is 2.70 bits per heavy atom. The molecule has 0 spiro atoms. The van der Waals surface area contributed by atoms with E-state index in [9.17, 15) is 10.1 Å². The molecule has 6 rings (SSSR count). The number of amides is 1. The Kier molecular flexibility index (Phi) is 7.91. The number of aromatic nitrogens is 3. The minimum Gasteiger partial charge on any atom is -0.497 e. The molecule has 1 amide bonds. The molecule has 2 aliphatic heterocycles. The summed E-state index contributed by atoms with van der Waals surface area (Å²) in [6.07, 6.45) is 3.77. The third-order valence-corrected chi connectivity index (χ3v) is 8.84. The number of likely N-dealkylation sites (N-methyl/N-ethyl adjacent to an activating group) is 1. The van der Waals surface area contributed by atoms with Crippen molar-refractivity contribution in [2.24, 2.45) is 7.05 Å². The van der Waals surface area contributed by atoms with Gasteiger partial charge in [-0.3, -0.25) is 4.79 Å². The molecule has 2 aliphatic rings. The van der Waals surface area contributed by atoms with E-state index < -0.39 is 0 Å². The number of rotatable bonds is 8. The molecule has 2 aromatic carbocycles. The number of nitrogens with zero attached hydrogens (tertiary/aromatic N) is 7. The molecule has 0 bridgehead atoms. The highest BCUT2D eigenvalue weighted by molar-refractivity contribution is 6.01. The molecular weight excluding hydrogens is 542 g/mol. The van der Waals surface area contributed by atoms with E-state index in [-0.39, 0.29) is 18.4 Å². The van der Waals surface area contributed by atoms with E-state index in [0.29, 0.717) is 38.3 Å². The molecular formula is C33H37N7O3. The molecule has 0 saturated carbocycles. The van der Waals surface area contributed by atoms with Crippen LogP contribution in [0.25, 0.3) is 33.1 Å². The molecule has 4 heterocycles. The Morgan fingerprint density at radius 1 is 1.12 bits per heavy atom. The Labute approximate surface area is 251 Å². The Hall–Kier alpha value is -4.62. The van der Waals surface area contributed by atoms with Gasteiger partial charge in [-0.05, 0) is 61.5 Å². The summed E-state index contributed by atoms with van der Waals surface area (Å²) in [5, 5.41) is 12.6. The number of ether oxygens (including phenoxy) is 2. The van der Waals surface area contributed by atoms with Crippen molar-refractivity contribution in [3.8, 4) is 29.1 Å². The minimum absolute atomic E-state index is 0.163. The standard InChI is InChI=1S/C33H37N7O3/c1-5-30(41)40-16-15-39(20-23(40)12-13-34)32-28-19-29(27-18-25(42-4)17-22-9-6-7-11-26(22)27)38(3)31(28)35-33(36-32)43-21-24-10-8-14-37(24)2/h5-7,9,11,17-19,23-24H,1,8,10,12,14-16,20-21H2,2-4H3/t23-,24-/m0/s1. The molecule has 43 heavy (non-hydrogen) atoms. The zero-order valence-corrected chi connectivity index (χ0v) is 25.0. The lowest BCUT2D eigenvalue weighted by molar-refractivity contribution is -0.128. The van der Waals surface area contributed by atoms with Crippen molar-refractivity contribution in [1.82, 2.24) is 24.3 Å². The second-order valence-electron chi connectivity index (χ2n) is 11.3. The molecule has 0 radical (unpaired) electrons. The molecule has 2 aromatic heterocycles. The van der Waals surface area contributed by atoms with E-state index in [2.05, 4.69) is 58.3 Å². The fraction of sp³-hybridized carbons (Fsp3) is 0.394. The van der Waals surface area contributed by atoms with Gasteiger partial charge in [0.1, 0.15) is 23.8 Å². The van der Waals surface area contributed by atoms with Crippen molar-refractivity contribution >= 4 is 33.5 Å². The first-order valence-corrected chi connectivity index (χ1v) is 14.7. The third kappa shape index (κ3) is 5.37. The average Bonchev–Trinajstić information content (AvgIpc) is 3.60. The number of nitriles is 1. The van der Waals surface area contributed by atoms with Gasteiger partial charge in [-0.25, -0.2) is 0 Å². The molecule has 2 fully saturated rings. The number of carbonyl (C=O) groups is 1. The molecule has 0 N–H and O–H groups in total. The van der Waals surface area contributed by atoms with Crippen LogP contribution in [0.2, 0.25) is 0 Å². The van der Waals surface area contributed by atoms with Crippen molar-refractivity contribution in [3.63, 3.8) is 0 Å². The molecule has 4 aromatic rings. The maximum atomic E-state index is 12.6. The second-order valence-corrected chi connectivity index (χ2v) is 11.3. The van der Waals surface area contributed by atoms with Crippen LogP contribution in [0.4, 0.5) is 5.82 Å². The van der Waals surface area contributed by atoms with Gasteiger partial charge < -0.3 is 28.7 Å². The van der Waals surface area contributed by atoms with E-state index in [4.69, 9.17) is 19.4 Å². The van der Waals surface area contributed by atoms with Gasteiger partial charge in [0.05, 0.1) is 36.7 Å². The van der Waals surface area contributed by atoms with Gasteiger partial charge in [-0.2, -0.15) is 15.2 Å². The molecule has 10 nitrogen and oxygen atoms in total. The number of anilines is 1. The maximum absolute atomic E-state index is 12.6. The highest BCUT2D eigenvalue weighted by Gasteiger charge is 2.32. The number of aryl methyl sites for hydroxylation is 1. The van der Waals surface area contributed by atoms with Gasteiger partial charge in [0.15, 0.2) is 0 Å².